The van der Waals surface area contributed by atoms with E-state index in [4.69, 9.17) is 9.47 Å². The Labute approximate surface area is 140 Å². The first-order chi connectivity index (χ1) is 11.5. The third kappa shape index (κ3) is 4.74. The second-order valence-electron chi connectivity index (χ2n) is 5.27. The van der Waals surface area contributed by atoms with Crippen molar-refractivity contribution in [3.8, 4) is 11.5 Å². The first-order valence-corrected chi connectivity index (χ1v) is 7.39. The predicted molar refractivity (Wildman–Crippen MR) is 90.0 cm³/mol. The number of nitrogens with one attached hydrogen (secondary N) is 2. The van der Waals surface area contributed by atoms with Gasteiger partial charge in [-0.3, -0.25) is 20.4 Å². The molecule has 126 valence electrons. The summed E-state index contributed by atoms with van der Waals surface area (Å²) in [7, 11) is 3.00. The van der Waals surface area contributed by atoms with Crippen LogP contribution in [0, 0.1) is 6.92 Å². The molecule has 0 atom stereocenters. The van der Waals surface area contributed by atoms with Crippen LogP contribution >= 0.6 is 0 Å². The smallest absolute Gasteiger partial charge is 0.269 e. The highest BCUT2D eigenvalue weighted by Crippen LogP contribution is 2.22. The van der Waals surface area contributed by atoms with Crippen LogP contribution in [0.2, 0.25) is 0 Å². The molecule has 0 spiro atoms. The van der Waals surface area contributed by atoms with Crippen molar-refractivity contribution in [1.82, 2.24) is 10.9 Å². The quantitative estimate of drug-likeness (QED) is 0.823. The highest BCUT2D eigenvalue weighted by atomic mass is 16.5. The molecule has 2 N–H and O–H groups in total. The molecule has 2 amide bonds. The van der Waals surface area contributed by atoms with E-state index in [0.717, 1.165) is 11.1 Å². The van der Waals surface area contributed by atoms with Gasteiger partial charge in [0, 0.05) is 11.6 Å². The summed E-state index contributed by atoms with van der Waals surface area (Å²) in [6.07, 6.45) is 0.183. The Balaban J connectivity index is 1.94. The molecule has 0 saturated carbocycles. The lowest BCUT2D eigenvalue weighted by atomic mass is 10.1. The average Bonchev–Trinajstić information content (AvgIpc) is 2.61. The van der Waals surface area contributed by atoms with Crippen LogP contribution in [-0.4, -0.2) is 26.0 Å². The number of benzene rings is 2. The molecule has 2 rings (SSSR count). The van der Waals surface area contributed by atoms with E-state index in [1.807, 2.05) is 31.2 Å². The van der Waals surface area contributed by atoms with Crippen LogP contribution in [0.25, 0.3) is 0 Å². The summed E-state index contributed by atoms with van der Waals surface area (Å²) in [6, 6.07) is 12.4. The fraction of sp³-hybridized carbons (Fsp3) is 0.222. The van der Waals surface area contributed by atoms with Crippen molar-refractivity contribution in [2.75, 3.05) is 14.2 Å². The highest BCUT2D eigenvalue weighted by Gasteiger charge is 2.11. The van der Waals surface area contributed by atoms with Crippen LogP contribution in [-0.2, 0) is 11.2 Å². The molecular formula is C18H20N2O4. The monoisotopic (exact) mass is 328 g/mol. The Hall–Kier alpha value is -3.02. The molecule has 0 aliphatic heterocycles. The van der Waals surface area contributed by atoms with E-state index in [2.05, 4.69) is 10.9 Å². The van der Waals surface area contributed by atoms with Gasteiger partial charge in [0.1, 0.15) is 11.5 Å². The standard InChI is InChI=1S/C18H20N2O4/c1-12-4-6-13(7-5-12)8-17(21)19-20-18(22)14-9-15(23-2)11-16(10-14)24-3/h4-7,9-11H,8H2,1-3H3,(H,19,21)(H,20,22). The zero-order chi connectivity index (χ0) is 17.5. The molecule has 0 bridgehead atoms. The van der Waals surface area contributed by atoms with Gasteiger partial charge >= 0.3 is 0 Å². The van der Waals surface area contributed by atoms with Crippen LogP contribution < -0.4 is 20.3 Å². The Morgan fingerprint density at radius 2 is 1.50 bits per heavy atom. The van der Waals surface area contributed by atoms with Crippen LogP contribution in [0.15, 0.2) is 42.5 Å². The van der Waals surface area contributed by atoms with E-state index < -0.39 is 5.91 Å². The van der Waals surface area contributed by atoms with Gasteiger partial charge in [-0.15, -0.1) is 0 Å². The van der Waals surface area contributed by atoms with Gasteiger partial charge < -0.3 is 9.47 Å². The second-order valence-corrected chi connectivity index (χ2v) is 5.27. The lowest BCUT2D eigenvalue weighted by molar-refractivity contribution is -0.121. The molecule has 0 unspecified atom stereocenters. The number of ether oxygens (including phenoxy) is 2. The van der Waals surface area contributed by atoms with Gasteiger partial charge in [0.15, 0.2) is 0 Å². The summed E-state index contributed by atoms with van der Waals surface area (Å²) in [4.78, 5) is 24.0. The largest absolute Gasteiger partial charge is 0.497 e. The summed E-state index contributed by atoms with van der Waals surface area (Å²) < 4.78 is 10.2. The number of methoxy groups -OCH3 is 2. The first kappa shape index (κ1) is 17.3. The third-order valence-electron chi connectivity index (χ3n) is 3.41. The fourth-order valence-electron chi connectivity index (χ4n) is 2.07. The Bertz CT molecular complexity index is 704. The van der Waals surface area contributed by atoms with Crippen molar-refractivity contribution in [2.45, 2.75) is 13.3 Å². The predicted octanol–water partition coefficient (Wildman–Crippen LogP) is 2.02. The molecule has 2 aromatic rings. The van der Waals surface area contributed by atoms with Crippen molar-refractivity contribution < 1.29 is 19.1 Å². The number of hydrogen-bond donors (Lipinski definition) is 2. The van der Waals surface area contributed by atoms with Crippen molar-refractivity contribution in [2.24, 2.45) is 0 Å². The molecule has 0 aliphatic rings. The number of rotatable bonds is 5. The first-order valence-electron chi connectivity index (χ1n) is 7.39. The SMILES string of the molecule is COc1cc(OC)cc(C(=O)NNC(=O)Cc2ccc(C)cc2)c1. The minimum absolute atomic E-state index is 0.183. The van der Waals surface area contributed by atoms with E-state index in [9.17, 15) is 9.59 Å². The van der Waals surface area contributed by atoms with E-state index in [0.29, 0.717) is 17.1 Å². The van der Waals surface area contributed by atoms with E-state index in [1.54, 1.807) is 18.2 Å². The van der Waals surface area contributed by atoms with Crippen molar-refractivity contribution in [1.29, 1.82) is 0 Å². The number of carbonyl (C=O) groups is 2. The second kappa shape index (κ2) is 8.01. The molecular weight excluding hydrogens is 308 g/mol. The molecule has 0 aliphatic carbocycles. The molecule has 6 nitrogen and oxygen atoms in total. The Morgan fingerprint density at radius 1 is 0.917 bits per heavy atom. The molecule has 0 radical (unpaired) electrons. The summed E-state index contributed by atoms with van der Waals surface area (Å²) >= 11 is 0. The molecule has 2 aromatic carbocycles. The van der Waals surface area contributed by atoms with Crippen molar-refractivity contribution in [3.05, 3.63) is 59.2 Å². The lowest BCUT2D eigenvalue weighted by Gasteiger charge is -2.10. The van der Waals surface area contributed by atoms with E-state index in [-0.39, 0.29) is 12.3 Å². The number of hydrazine groups is 1. The average molecular weight is 328 g/mol. The minimum Gasteiger partial charge on any atom is -0.497 e. The van der Waals surface area contributed by atoms with Gasteiger partial charge in [0.05, 0.1) is 20.6 Å². The van der Waals surface area contributed by atoms with Crippen LogP contribution in [0.4, 0.5) is 0 Å². The molecule has 0 heterocycles. The summed E-state index contributed by atoms with van der Waals surface area (Å²) in [5, 5.41) is 0. The van der Waals surface area contributed by atoms with Gasteiger partial charge in [-0.1, -0.05) is 29.8 Å². The lowest BCUT2D eigenvalue weighted by Crippen LogP contribution is -2.42. The van der Waals surface area contributed by atoms with Crippen LogP contribution in [0.1, 0.15) is 21.5 Å². The number of carbonyl (C=O) groups excluding carboxylic acids is 2. The molecule has 24 heavy (non-hydrogen) atoms. The highest BCUT2D eigenvalue weighted by molar-refractivity contribution is 5.96. The van der Waals surface area contributed by atoms with Gasteiger partial charge in [0.25, 0.3) is 5.91 Å². The summed E-state index contributed by atoms with van der Waals surface area (Å²) in [6.45, 7) is 1.98. The van der Waals surface area contributed by atoms with E-state index in [1.165, 1.54) is 14.2 Å². The number of aryl methyl sites for hydroxylation is 1. The number of hydrogen-bond acceptors (Lipinski definition) is 4. The zero-order valence-electron chi connectivity index (χ0n) is 13.9. The van der Waals surface area contributed by atoms with Crippen molar-refractivity contribution >= 4 is 11.8 Å². The normalized spacial score (nSPS) is 9.96. The maximum Gasteiger partial charge on any atom is 0.269 e. The maximum absolute atomic E-state index is 12.1. The molecule has 0 aromatic heterocycles. The maximum atomic E-state index is 12.1. The molecule has 0 saturated heterocycles. The van der Waals surface area contributed by atoms with Gasteiger partial charge in [0.2, 0.25) is 5.91 Å². The fourth-order valence-corrected chi connectivity index (χ4v) is 2.07. The van der Waals surface area contributed by atoms with Gasteiger partial charge in [-0.25, -0.2) is 0 Å². The van der Waals surface area contributed by atoms with Gasteiger partial charge in [-0.2, -0.15) is 0 Å². The Kier molecular flexibility index (Phi) is 5.78. The zero-order valence-corrected chi connectivity index (χ0v) is 13.9. The van der Waals surface area contributed by atoms with E-state index >= 15 is 0 Å². The summed E-state index contributed by atoms with van der Waals surface area (Å²) in [5.41, 5.74) is 7.10. The number of amides is 2. The molecule has 6 heteroatoms. The summed E-state index contributed by atoms with van der Waals surface area (Å²) in [5.74, 6) is 0.225. The van der Waals surface area contributed by atoms with Crippen LogP contribution in [0.5, 0.6) is 11.5 Å². The third-order valence-corrected chi connectivity index (χ3v) is 3.41. The Morgan fingerprint density at radius 3 is 2.04 bits per heavy atom. The van der Waals surface area contributed by atoms with Crippen molar-refractivity contribution in [3.63, 3.8) is 0 Å². The van der Waals surface area contributed by atoms with Gasteiger partial charge in [-0.05, 0) is 24.6 Å². The molecule has 0 fully saturated rings. The minimum atomic E-state index is -0.454. The van der Waals surface area contributed by atoms with Crippen LogP contribution in [0.3, 0.4) is 0 Å². The topological polar surface area (TPSA) is 76.7 Å².